The van der Waals surface area contributed by atoms with Gasteiger partial charge in [0, 0.05) is 39.4 Å². The van der Waals surface area contributed by atoms with Crippen LogP contribution < -0.4 is 4.90 Å². The molecule has 0 amide bonds. The van der Waals surface area contributed by atoms with Crippen molar-refractivity contribution in [2.45, 2.75) is 50.2 Å². The van der Waals surface area contributed by atoms with E-state index in [1.807, 2.05) is 0 Å². The van der Waals surface area contributed by atoms with Gasteiger partial charge in [0.15, 0.2) is 0 Å². The van der Waals surface area contributed by atoms with Gasteiger partial charge in [0.2, 0.25) is 16.0 Å². The zero-order valence-corrected chi connectivity index (χ0v) is 19.6. The molecule has 1 aromatic rings. The van der Waals surface area contributed by atoms with Crippen LogP contribution in [0.1, 0.15) is 44.9 Å². The number of halogens is 1. The van der Waals surface area contributed by atoms with Crippen LogP contribution >= 0.6 is 11.6 Å². The van der Waals surface area contributed by atoms with Gasteiger partial charge in [-0.05, 0) is 68.6 Å². The molecule has 2 aliphatic carbocycles. The molecule has 4 aliphatic rings. The van der Waals surface area contributed by atoms with E-state index in [4.69, 9.17) is 16.3 Å². The monoisotopic (exact) mass is 468 g/mol. The molecule has 4 fully saturated rings. The fraction of sp³-hybridized carbons (Fsp3) is 0.818. The second-order valence-electron chi connectivity index (χ2n) is 9.81. The Bertz CT molecular complexity index is 848. The van der Waals surface area contributed by atoms with E-state index in [9.17, 15) is 8.42 Å². The van der Waals surface area contributed by atoms with Gasteiger partial charge in [0.1, 0.15) is 0 Å². The molecule has 1 aromatic heterocycles. The molecule has 5 rings (SSSR count). The zero-order valence-electron chi connectivity index (χ0n) is 18.0. The summed E-state index contributed by atoms with van der Waals surface area (Å²) in [5.74, 6) is 3.59. The smallest absolute Gasteiger partial charge is 0.225 e. The minimum Gasteiger partial charge on any atom is -0.381 e. The molecule has 0 N–H and O–H groups in total. The summed E-state index contributed by atoms with van der Waals surface area (Å²) >= 11 is 5.89. The second-order valence-corrected chi connectivity index (χ2v) is 12.5. The molecule has 0 bridgehead atoms. The third kappa shape index (κ3) is 5.18. The van der Waals surface area contributed by atoms with Crippen molar-refractivity contribution in [2.24, 2.45) is 23.7 Å². The normalized spacial score (nSPS) is 28.7. The zero-order chi connectivity index (χ0) is 21.4. The predicted molar refractivity (Wildman–Crippen MR) is 121 cm³/mol. The van der Waals surface area contributed by atoms with Gasteiger partial charge in [-0.15, -0.1) is 0 Å². The van der Waals surface area contributed by atoms with Crippen molar-refractivity contribution in [2.75, 3.05) is 44.3 Å². The van der Waals surface area contributed by atoms with Crippen molar-refractivity contribution in [1.82, 2.24) is 14.3 Å². The summed E-state index contributed by atoms with van der Waals surface area (Å²) in [6.45, 7) is 5.03. The average molecular weight is 469 g/mol. The van der Waals surface area contributed by atoms with Crippen LogP contribution in [-0.4, -0.2) is 67.3 Å². The van der Waals surface area contributed by atoms with Gasteiger partial charge in [0.05, 0.1) is 22.7 Å². The Balaban J connectivity index is 0.975. The van der Waals surface area contributed by atoms with Gasteiger partial charge < -0.3 is 9.64 Å². The van der Waals surface area contributed by atoms with E-state index in [0.717, 1.165) is 69.8 Å². The highest BCUT2D eigenvalue weighted by Gasteiger charge is 2.44. The molecule has 172 valence electrons. The summed E-state index contributed by atoms with van der Waals surface area (Å²) in [5.41, 5.74) is 0. The van der Waals surface area contributed by atoms with Crippen molar-refractivity contribution in [1.29, 1.82) is 0 Å². The van der Waals surface area contributed by atoms with Gasteiger partial charge in [0.25, 0.3) is 0 Å². The third-order valence-corrected chi connectivity index (χ3v) is 10.2. The SMILES string of the molecule is O=S(=O)(C1CC1)N1CCC(COCC2CC2C2CCN(c3ncc(Cl)cn3)CC2)CC1. The fourth-order valence-electron chi connectivity index (χ4n) is 5.33. The molecule has 2 unspecified atom stereocenters. The maximum absolute atomic E-state index is 12.3. The number of ether oxygens (including phenoxy) is 1. The third-order valence-electron chi connectivity index (χ3n) is 7.58. The first kappa shape index (κ1) is 21.9. The maximum Gasteiger partial charge on any atom is 0.225 e. The second kappa shape index (κ2) is 9.12. The Morgan fingerprint density at radius 2 is 1.65 bits per heavy atom. The summed E-state index contributed by atoms with van der Waals surface area (Å²) in [5, 5.41) is 0.492. The van der Waals surface area contributed by atoms with E-state index in [1.54, 1.807) is 16.7 Å². The van der Waals surface area contributed by atoms with Crippen molar-refractivity contribution in [3.63, 3.8) is 0 Å². The lowest BCUT2D eigenvalue weighted by Gasteiger charge is -2.32. The van der Waals surface area contributed by atoms with E-state index in [0.29, 0.717) is 29.9 Å². The van der Waals surface area contributed by atoms with Gasteiger partial charge in [-0.25, -0.2) is 22.7 Å². The Labute approximate surface area is 190 Å². The lowest BCUT2D eigenvalue weighted by Crippen LogP contribution is -2.41. The van der Waals surface area contributed by atoms with Crippen LogP contribution in [0.25, 0.3) is 0 Å². The fourth-order valence-corrected chi connectivity index (χ4v) is 7.30. The topological polar surface area (TPSA) is 75.6 Å². The van der Waals surface area contributed by atoms with E-state index >= 15 is 0 Å². The standard InChI is InChI=1S/C22H33ClN4O3S/c23-19-12-24-22(25-13-19)26-7-5-17(6-8-26)21-11-18(21)15-30-14-16-3-9-27(10-4-16)31(28,29)20-1-2-20/h12-13,16-18,20-21H,1-11,14-15H2. The highest BCUT2D eigenvalue weighted by atomic mass is 35.5. The summed E-state index contributed by atoms with van der Waals surface area (Å²) < 4.78 is 32.5. The van der Waals surface area contributed by atoms with Crippen molar-refractivity contribution in [3.05, 3.63) is 17.4 Å². The van der Waals surface area contributed by atoms with E-state index in [2.05, 4.69) is 14.9 Å². The Morgan fingerprint density at radius 3 is 2.29 bits per heavy atom. The number of rotatable bonds is 8. The number of aromatic nitrogens is 2. The average Bonchev–Trinajstić information content (AvgIpc) is 3.69. The van der Waals surface area contributed by atoms with Crippen LogP contribution in [0, 0.1) is 23.7 Å². The molecule has 2 saturated carbocycles. The largest absolute Gasteiger partial charge is 0.381 e. The molecule has 7 nitrogen and oxygen atoms in total. The molecular weight excluding hydrogens is 436 g/mol. The number of sulfonamides is 1. The lowest BCUT2D eigenvalue weighted by atomic mass is 9.91. The highest BCUT2D eigenvalue weighted by Crippen LogP contribution is 2.48. The van der Waals surface area contributed by atoms with E-state index < -0.39 is 10.0 Å². The van der Waals surface area contributed by atoms with Gasteiger partial charge in [-0.2, -0.15) is 0 Å². The quantitative estimate of drug-likeness (QED) is 0.583. The molecule has 2 atom stereocenters. The Kier molecular flexibility index (Phi) is 6.43. The Morgan fingerprint density at radius 1 is 0.968 bits per heavy atom. The van der Waals surface area contributed by atoms with Crippen LogP contribution in [0.3, 0.4) is 0 Å². The van der Waals surface area contributed by atoms with Crippen molar-refractivity contribution >= 4 is 27.6 Å². The molecule has 2 aliphatic heterocycles. The minimum absolute atomic E-state index is 0.0855. The molecular formula is C22H33ClN4O3S. The molecule has 31 heavy (non-hydrogen) atoms. The van der Waals surface area contributed by atoms with Crippen molar-refractivity contribution < 1.29 is 13.2 Å². The van der Waals surface area contributed by atoms with Gasteiger partial charge >= 0.3 is 0 Å². The predicted octanol–water partition coefficient (Wildman–Crippen LogP) is 3.20. The summed E-state index contributed by atoms with van der Waals surface area (Å²) in [6, 6.07) is 0. The Hall–Kier alpha value is -0.960. The summed E-state index contributed by atoms with van der Waals surface area (Å²) in [6.07, 6.45) is 10.6. The summed E-state index contributed by atoms with van der Waals surface area (Å²) in [4.78, 5) is 10.9. The van der Waals surface area contributed by atoms with Crippen LogP contribution in [-0.2, 0) is 14.8 Å². The van der Waals surface area contributed by atoms with Crippen molar-refractivity contribution in [3.8, 4) is 0 Å². The van der Waals surface area contributed by atoms with E-state index in [1.165, 1.54) is 19.3 Å². The number of hydrogen-bond donors (Lipinski definition) is 0. The number of piperidine rings is 2. The maximum atomic E-state index is 12.3. The first-order chi connectivity index (χ1) is 15.0. The molecule has 0 spiro atoms. The summed E-state index contributed by atoms with van der Waals surface area (Å²) in [7, 11) is -3.00. The number of nitrogens with zero attached hydrogens (tertiary/aromatic N) is 4. The highest BCUT2D eigenvalue weighted by molar-refractivity contribution is 7.90. The van der Waals surface area contributed by atoms with E-state index in [-0.39, 0.29) is 5.25 Å². The molecule has 2 saturated heterocycles. The van der Waals surface area contributed by atoms with Crippen LogP contribution in [0.15, 0.2) is 12.4 Å². The molecule has 0 radical (unpaired) electrons. The lowest BCUT2D eigenvalue weighted by molar-refractivity contribution is 0.0684. The first-order valence-electron chi connectivity index (χ1n) is 11.8. The van der Waals surface area contributed by atoms with Crippen LogP contribution in [0.2, 0.25) is 5.02 Å². The molecule has 9 heteroatoms. The molecule has 0 aromatic carbocycles. The molecule has 3 heterocycles. The van der Waals surface area contributed by atoms with Crippen LogP contribution in [0.5, 0.6) is 0 Å². The number of hydrogen-bond acceptors (Lipinski definition) is 6. The minimum atomic E-state index is -3.00. The first-order valence-corrected chi connectivity index (χ1v) is 13.7. The van der Waals surface area contributed by atoms with Gasteiger partial charge in [-0.3, -0.25) is 0 Å². The van der Waals surface area contributed by atoms with Gasteiger partial charge in [-0.1, -0.05) is 11.6 Å². The number of anilines is 1. The van der Waals surface area contributed by atoms with Crippen LogP contribution in [0.4, 0.5) is 5.95 Å².